The Morgan fingerprint density at radius 3 is 2.71 bits per heavy atom. The highest BCUT2D eigenvalue weighted by Crippen LogP contribution is 2.27. The van der Waals surface area contributed by atoms with Crippen molar-refractivity contribution in [2.45, 2.75) is 38.8 Å². The number of rotatable bonds is 6. The van der Waals surface area contributed by atoms with Crippen LogP contribution in [0.3, 0.4) is 0 Å². The third-order valence-corrected chi connectivity index (χ3v) is 5.98. The summed E-state index contributed by atoms with van der Waals surface area (Å²) in [6, 6.07) is 5.66. The Bertz CT molecular complexity index is 518. The van der Waals surface area contributed by atoms with Gasteiger partial charge in [0.05, 0.1) is 11.5 Å². The molecular weight excluding hydrogens is 318 g/mol. The van der Waals surface area contributed by atoms with Gasteiger partial charge >= 0.3 is 0 Å². The average molecular weight is 350 g/mol. The minimum Gasteiger partial charge on any atom is -0.360 e. The number of hydrogen-bond acceptors (Lipinski definition) is 4. The first-order valence-electron chi connectivity index (χ1n) is 9.22. The van der Waals surface area contributed by atoms with Crippen molar-refractivity contribution in [3.63, 3.8) is 0 Å². The molecular formula is C18H31N5S. The molecule has 3 rings (SSSR count). The molecule has 1 aromatic rings. The van der Waals surface area contributed by atoms with Gasteiger partial charge in [-0.05, 0) is 51.2 Å². The average Bonchev–Trinajstić information content (AvgIpc) is 3.32. The molecule has 6 heteroatoms. The van der Waals surface area contributed by atoms with Crippen LogP contribution in [0.25, 0.3) is 0 Å². The van der Waals surface area contributed by atoms with Gasteiger partial charge < -0.3 is 15.1 Å². The second-order valence-corrected chi connectivity index (χ2v) is 7.79. The number of guanidine groups is 1. The Hall–Kier alpha value is -1.27. The predicted octanol–water partition coefficient (Wildman–Crippen LogP) is 2.32. The first-order valence-corrected chi connectivity index (χ1v) is 10.1. The molecule has 0 spiro atoms. The number of anilines is 1. The molecule has 2 heterocycles. The Morgan fingerprint density at radius 2 is 2.12 bits per heavy atom. The van der Waals surface area contributed by atoms with Gasteiger partial charge in [-0.1, -0.05) is 0 Å². The van der Waals surface area contributed by atoms with E-state index in [0.29, 0.717) is 6.04 Å². The van der Waals surface area contributed by atoms with Crippen molar-refractivity contribution in [2.24, 2.45) is 4.99 Å². The first-order chi connectivity index (χ1) is 11.7. The van der Waals surface area contributed by atoms with E-state index < -0.39 is 0 Å². The van der Waals surface area contributed by atoms with Gasteiger partial charge in [0.1, 0.15) is 0 Å². The topological polar surface area (TPSA) is 34.1 Å². The maximum atomic E-state index is 4.93. The van der Waals surface area contributed by atoms with E-state index >= 15 is 0 Å². The lowest BCUT2D eigenvalue weighted by atomic mass is 10.3. The molecule has 1 N–H and O–H groups in total. The quantitative estimate of drug-likeness (QED) is 0.631. The van der Waals surface area contributed by atoms with E-state index in [9.17, 15) is 0 Å². The van der Waals surface area contributed by atoms with Crippen molar-refractivity contribution in [2.75, 3.05) is 51.2 Å². The van der Waals surface area contributed by atoms with Crippen LogP contribution in [-0.2, 0) is 0 Å². The van der Waals surface area contributed by atoms with Crippen LogP contribution in [0.4, 0.5) is 5.00 Å². The van der Waals surface area contributed by atoms with E-state index in [4.69, 9.17) is 4.99 Å². The van der Waals surface area contributed by atoms with Crippen molar-refractivity contribution >= 4 is 22.3 Å². The fourth-order valence-electron chi connectivity index (χ4n) is 3.20. The third kappa shape index (κ3) is 4.42. The minimum absolute atomic E-state index is 0.513. The van der Waals surface area contributed by atoms with Gasteiger partial charge in [-0.2, -0.15) is 0 Å². The summed E-state index contributed by atoms with van der Waals surface area (Å²) in [6.07, 6.45) is 2.71. The summed E-state index contributed by atoms with van der Waals surface area (Å²) < 4.78 is 0. The fraction of sp³-hybridized carbons (Fsp3) is 0.722. The van der Waals surface area contributed by atoms with E-state index in [1.165, 1.54) is 17.8 Å². The van der Waals surface area contributed by atoms with Crippen LogP contribution in [0.2, 0.25) is 0 Å². The SMILES string of the molecule is CCNC(=NCC(C)N(C)C1CC1)N1CCN(c2cccs2)CC1. The van der Waals surface area contributed by atoms with Crippen molar-refractivity contribution in [3.05, 3.63) is 17.5 Å². The molecule has 1 aliphatic carbocycles. The van der Waals surface area contributed by atoms with Gasteiger partial charge in [-0.3, -0.25) is 9.89 Å². The summed E-state index contributed by atoms with van der Waals surface area (Å²) in [4.78, 5) is 12.3. The zero-order chi connectivity index (χ0) is 16.9. The van der Waals surface area contributed by atoms with Crippen LogP contribution < -0.4 is 10.2 Å². The molecule has 134 valence electrons. The Labute approximate surface area is 150 Å². The second-order valence-electron chi connectivity index (χ2n) is 6.87. The minimum atomic E-state index is 0.513. The molecule has 0 bridgehead atoms. The molecule has 1 unspecified atom stereocenters. The van der Waals surface area contributed by atoms with E-state index in [-0.39, 0.29) is 0 Å². The van der Waals surface area contributed by atoms with Gasteiger partial charge in [0.2, 0.25) is 0 Å². The smallest absolute Gasteiger partial charge is 0.194 e. The molecule has 2 aliphatic rings. The summed E-state index contributed by atoms with van der Waals surface area (Å²) in [6.45, 7) is 10.5. The van der Waals surface area contributed by atoms with Crippen LogP contribution in [0.5, 0.6) is 0 Å². The van der Waals surface area contributed by atoms with Crippen LogP contribution in [0.15, 0.2) is 22.5 Å². The monoisotopic (exact) mass is 349 g/mol. The number of thiophene rings is 1. The van der Waals surface area contributed by atoms with Crippen LogP contribution in [-0.4, -0.2) is 74.2 Å². The van der Waals surface area contributed by atoms with Gasteiger partial charge in [-0.25, -0.2) is 0 Å². The maximum Gasteiger partial charge on any atom is 0.194 e. The summed E-state index contributed by atoms with van der Waals surface area (Å²) in [5, 5.41) is 7.03. The van der Waals surface area contributed by atoms with Crippen molar-refractivity contribution in [1.29, 1.82) is 0 Å². The lowest BCUT2D eigenvalue weighted by Crippen LogP contribution is -2.52. The molecule has 1 aromatic heterocycles. The number of likely N-dealkylation sites (N-methyl/N-ethyl adjacent to an activating group) is 1. The number of nitrogens with one attached hydrogen (secondary N) is 1. The van der Waals surface area contributed by atoms with Crippen molar-refractivity contribution < 1.29 is 0 Å². The van der Waals surface area contributed by atoms with Crippen molar-refractivity contribution in [3.8, 4) is 0 Å². The molecule has 0 radical (unpaired) electrons. The molecule has 0 aromatic carbocycles. The predicted molar refractivity (Wildman–Crippen MR) is 104 cm³/mol. The van der Waals surface area contributed by atoms with Crippen molar-refractivity contribution in [1.82, 2.24) is 15.1 Å². The highest BCUT2D eigenvalue weighted by molar-refractivity contribution is 7.14. The number of aliphatic imine (C=N–C) groups is 1. The van der Waals surface area contributed by atoms with Gasteiger partial charge in [-0.15, -0.1) is 11.3 Å². The molecule has 24 heavy (non-hydrogen) atoms. The molecule has 5 nitrogen and oxygen atoms in total. The highest BCUT2D eigenvalue weighted by atomic mass is 32.1. The van der Waals surface area contributed by atoms with Crippen LogP contribution >= 0.6 is 11.3 Å². The molecule has 1 saturated carbocycles. The van der Waals surface area contributed by atoms with E-state index in [0.717, 1.165) is 51.3 Å². The lowest BCUT2D eigenvalue weighted by molar-refractivity contribution is 0.252. The molecule has 1 saturated heterocycles. The zero-order valence-electron chi connectivity index (χ0n) is 15.2. The van der Waals surface area contributed by atoms with E-state index in [2.05, 4.69) is 58.4 Å². The lowest BCUT2D eigenvalue weighted by Gasteiger charge is -2.37. The van der Waals surface area contributed by atoms with E-state index in [1.54, 1.807) is 0 Å². The standard InChI is InChI=1S/C18H31N5S/c1-4-19-18(20-14-15(2)21(3)16-7-8-16)23-11-9-22(10-12-23)17-6-5-13-24-17/h5-6,13,15-16H,4,7-12,14H2,1-3H3,(H,19,20). The van der Waals surface area contributed by atoms with Crippen LogP contribution in [0.1, 0.15) is 26.7 Å². The number of piperazine rings is 1. The van der Waals surface area contributed by atoms with Gasteiger partial charge in [0.25, 0.3) is 0 Å². The number of hydrogen-bond donors (Lipinski definition) is 1. The summed E-state index contributed by atoms with van der Waals surface area (Å²) in [5.74, 6) is 1.08. The zero-order valence-corrected chi connectivity index (χ0v) is 16.1. The Balaban J connectivity index is 1.54. The highest BCUT2D eigenvalue weighted by Gasteiger charge is 2.29. The Morgan fingerprint density at radius 1 is 1.38 bits per heavy atom. The fourth-order valence-corrected chi connectivity index (χ4v) is 3.99. The maximum absolute atomic E-state index is 4.93. The summed E-state index contributed by atoms with van der Waals surface area (Å²) >= 11 is 1.83. The largest absolute Gasteiger partial charge is 0.360 e. The molecule has 2 fully saturated rings. The first kappa shape index (κ1) is 17.5. The third-order valence-electron chi connectivity index (χ3n) is 5.06. The van der Waals surface area contributed by atoms with Crippen LogP contribution in [0, 0.1) is 0 Å². The normalized spacial score (nSPS) is 20.6. The number of nitrogens with zero attached hydrogens (tertiary/aromatic N) is 4. The van der Waals surface area contributed by atoms with Gasteiger partial charge in [0.15, 0.2) is 5.96 Å². The molecule has 1 aliphatic heterocycles. The Kier molecular flexibility index (Phi) is 6.00. The molecule has 0 amide bonds. The van der Waals surface area contributed by atoms with Gasteiger partial charge in [0, 0.05) is 44.8 Å². The van der Waals surface area contributed by atoms with E-state index in [1.807, 2.05) is 11.3 Å². The second kappa shape index (κ2) is 8.21. The summed E-state index contributed by atoms with van der Waals surface area (Å²) in [7, 11) is 2.24. The summed E-state index contributed by atoms with van der Waals surface area (Å²) in [5.41, 5.74) is 0. The molecule has 1 atom stereocenters.